The van der Waals surface area contributed by atoms with E-state index in [0.717, 1.165) is 37.0 Å². The average molecular weight is 430 g/mol. The summed E-state index contributed by atoms with van der Waals surface area (Å²) in [5.74, 6) is 0. The molecule has 6 heteroatoms. The fraction of sp³-hybridized carbons (Fsp3) is 0.625. The first-order valence-electron chi connectivity index (χ1n) is 11.1. The average Bonchev–Trinajstić information content (AvgIpc) is 3.22. The Morgan fingerprint density at radius 3 is 2.37 bits per heavy atom. The maximum Gasteiger partial charge on any atom is 0.185 e. The Morgan fingerprint density at radius 1 is 1.03 bits per heavy atom. The Labute approximate surface area is 184 Å². The van der Waals surface area contributed by atoms with Crippen LogP contribution in [0, 0.1) is 0 Å². The number of aliphatic hydroxyl groups excluding tert-OH is 2. The van der Waals surface area contributed by atoms with Gasteiger partial charge in [-0.3, -0.25) is 4.90 Å². The van der Waals surface area contributed by atoms with Gasteiger partial charge in [0.2, 0.25) is 0 Å². The van der Waals surface area contributed by atoms with Crippen LogP contribution >= 0.6 is 11.3 Å². The lowest BCUT2D eigenvalue weighted by Crippen LogP contribution is -2.49. The quantitative estimate of drug-likeness (QED) is 0.760. The van der Waals surface area contributed by atoms with Crippen LogP contribution in [-0.2, 0) is 10.8 Å². The number of rotatable bonds is 5. The highest BCUT2D eigenvalue weighted by molar-refractivity contribution is 7.14. The van der Waals surface area contributed by atoms with E-state index in [4.69, 9.17) is 10.1 Å². The van der Waals surface area contributed by atoms with E-state index in [1.807, 2.05) is 0 Å². The highest BCUT2D eigenvalue weighted by atomic mass is 32.1. The maximum atomic E-state index is 9.66. The van der Waals surface area contributed by atoms with E-state index in [1.165, 1.54) is 29.5 Å². The highest BCUT2D eigenvalue weighted by Gasteiger charge is 2.37. The van der Waals surface area contributed by atoms with Crippen LogP contribution in [0.15, 0.2) is 23.6 Å². The minimum absolute atomic E-state index is 0.176. The summed E-state index contributed by atoms with van der Waals surface area (Å²) in [6.45, 7) is 13.4. The van der Waals surface area contributed by atoms with Gasteiger partial charge in [-0.15, -0.1) is 11.3 Å². The number of fused-ring (bicyclic) bond motifs is 1. The molecule has 1 aromatic heterocycles. The summed E-state index contributed by atoms with van der Waals surface area (Å²) in [6, 6.07) is 6.95. The van der Waals surface area contributed by atoms with Crippen LogP contribution in [0.1, 0.15) is 51.7 Å². The lowest BCUT2D eigenvalue weighted by molar-refractivity contribution is 0.0575. The van der Waals surface area contributed by atoms with Gasteiger partial charge >= 0.3 is 0 Å². The number of nitrogens with zero attached hydrogens (tertiary/aromatic N) is 3. The van der Waals surface area contributed by atoms with Gasteiger partial charge in [-0.25, -0.2) is 4.98 Å². The van der Waals surface area contributed by atoms with E-state index in [1.54, 1.807) is 11.3 Å². The van der Waals surface area contributed by atoms with Gasteiger partial charge in [0.1, 0.15) is 0 Å². The highest BCUT2D eigenvalue weighted by Crippen LogP contribution is 2.46. The van der Waals surface area contributed by atoms with E-state index in [2.05, 4.69) is 61.1 Å². The molecule has 1 fully saturated rings. The van der Waals surface area contributed by atoms with Gasteiger partial charge in [0.25, 0.3) is 0 Å². The van der Waals surface area contributed by atoms with Crippen molar-refractivity contribution in [1.82, 2.24) is 9.88 Å². The Morgan fingerprint density at radius 2 is 1.70 bits per heavy atom. The molecule has 30 heavy (non-hydrogen) atoms. The molecule has 0 spiro atoms. The molecule has 2 N–H and O–H groups in total. The van der Waals surface area contributed by atoms with Crippen molar-refractivity contribution in [1.29, 1.82) is 0 Å². The van der Waals surface area contributed by atoms with Crippen LogP contribution in [0.2, 0.25) is 0 Å². The predicted octanol–water partition coefficient (Wildman–Crippen LogP) is 3.63. The van der Waals surface area contributed by atoms with Crippen molar-refractivity contribution in [2.24, 2.45) is 0 Å². The molecule has 164 valence electrons. The van der Waals surface area contributed by atoms with Crippen LogP contribution < -0.4 is 4.90 Å². The molecule has 1 saturated heterocycles. The molecule has 1 aliphatic heterocycles. The van der Waals surface area contributed by atoms with Crippen molar-refractivity contribution in [3.05, 3.63) is 34.7 Å². The zero-order chi connectivity index (χ0) is 21.5. The monoisotopic (exact) mass is 429 g/mol. The lowest BCUT2D eigenvalue weighted by Gasteiger charge is -2.42. The summed E-state index contributed by atoms with van der Waals surface area (Å²) in [6.07, 6.45) is 1.80. The van der Waals surface area contributed by atoms with Crippen molar-refractivity contribution in [2.45, 2.75) is 57.5 Å². The molecule has 0 amide bonds. The molecular formula is C24H35N3O2S. The number of β-amino-alcohol motifs (C(OH)–C–C–N with tert-alkyl or cyclic N) is 1. The Kier molecular flexibility index (Phi) is 5.96. The van der Waals surface area contributed by atoms with Gasteiger partial charge in [0.15, 0.2) is 5.13 Å². The van der Waals surface area contributed by atoms with Gasteiger partial charge in [-0.05, 0) is 40.9 Å². The van der Waals surface area contributed by atoms with E-state index in [9.17, 15) is 5.11 Å². The molecule has 0 radical (unpaired) electrons. The van der Waals surface area contributed by atoms with Crippen molar-refractivity contribution >= 4 is 16.5 Å². The van der Waals surface area contributed by atoms with E-state index in [0.29, 0.717) is 6.54 Å². The number of hydrogen-bond acceptors (Lipinski definition) is 6. The second-order valence-corrected chi connectivity index (χ2v) is 11.0. The Bertz CT molecular complexity index is 884. The lowest BCUT2D eigenvalue weighted by atomic mass is 9.63. The molecule has 2 heterocycles. The Balaban J connectivity index is 1.50. The van der Waals surface area contributed by atoms with Gasteiger partial charge in [0, 0.05) is 43.7 Å². The fourth-order valence-corrected chi connectivity index (χ4v) is 5.66. The Hall–Kier alpha value is -1.47. The van der Waals surface area contributed by atoms with Gasteiger partial charge in [0.05, 0.1) is 18.4 Å². The molecule has 2 aromatic rings. The van der Waals surface area contributed by atoms with Crippen LogP contribution in [0.3, 0.4) is 0 Å². The molecule has 5 nitrogen and oxygen atoms in total. The second-order valence-electron chi connectivity index (χ2n) is 10.2. The van der Waals surface area contributed by atoms with Gasteiger partial charge in [-0.1, -0.05) is 39.8 Å². The summed E-state index contributed by atoms with van der Waals surface area (Å²) in [4.78, 5) is 9.52. The van der Waals surface area contributed by atoms with Crippen LogP contribution in [0.25, 0.3) is 11.3 Å². The number of benzene rings is 1. The zero-order valence-electron chi connectivity index (χ0n) is 18.7. The zero-order valence-corrected chi connectivity index (χ0v) is 19.5. The smallest absolute Gasteiger partial charge is 0.185 e. The molecule has 2 aliphatic rings. The number of anilines is 1. The van der Waals surface area contributed by atoms with Crippen molar-refractivity contribution < 1.29 is 10.2 Å². The first-order chi connectivity index (χ1) is 14.2. The first kappa shape index (κ1) is 21.8. The molecule has 1 aromatic carbocycles. The number of aromatic nitrogens is 1. The minimum Gasteiger partial charge on any atom is -0.394 e. The number of hydrogen-bond donors (Lipinski definition) is 2. The van der Waals surface area contributed by atoms with Crippen LogP contribution in [0.4, 0.5) is 5.13 Å². The topological polar surface area (TPSA) is 59.8 Å². The number of piperazine rings is 1. The molecule has 1 aliphatic carbocycles. The third kappa shape index (κ3) is 4.28. The first-order valence-corrected chi connectivity index (χ1v) is 11.9. The fourth-order valence-electron chi connectivity index (χ4n) is 4.77. The minimum atomic E-state index is -0.652. The summed E-state index contributed by atoms with van der Waals surface area (Å²) in [5.41, 5.74) is 5.68. The SMILES string of the molecule is CC1(C)CCC(C)(C)c2cc(-c3csc(N4CCN(CC(O)CO)CC4)n3)ccc21. The van der Waals surface area contributed by atoms with Crippen LogP contribution in [-0.4, -0.2) is 65.5 Å². The van der Waals surface area contributed by atoms with E-state index >= 15 is 0 Å². The van der Waals surface area contributed by atoms with Gasteiger partial charge in [-0.2, -0.15) is 0 Å². The normalized spacial score (nSPS) is 22.0. The predicted molar refractivity (Wildman–Crippen MR) is 125 cm³/mol. The summed E-state index contributed by atoms with van der Waals surface area (Å²) in [7, 11) is 0. The number of thiazole rings is 1. The molecular weight excluding hydrogens is 394 g/mol. The second kappa shape index (κ2) is 8.23. The molecule has 0 saturated carbocycles. The summed E-state index contributed by atoms with van der Waals surface area (Å²) >= 11 is 1.71. The summed E-state index contributed by atoms with van der Waals surface area (Å²) in [5, 5.41) is 22.0. The molecule has 0 bridgehead atoms. The van der Waals surface area contributed by atoms with Crippen LogP contribution in [0.5, 0.6) is 0 Å². The molecule has 1 unspecified atom stereocenters. The molecule has 1 atom stereocenters. The third-order valence-corrected chi connectivity index (χ3v) is 7.86. The standard InChI is InChI=1S/C24H35N3O2S/c1-23(2)7-8-24(3,4)20-13-17(5-6-19(20)23)21-16-30-22(25-21)27-11-9-26(10-12-27)14-18(29)15-28/h5-6,13,16,18,28-29H,7-12,14-15H2,1-4H3. The van der Waals surface area contributed by atoms with Crippen molar-refractivity contribution in [3.8, 4) is 11.3 Å². The summed E-state index contributed by atoms with van der Waals surface area (Å²) < 4.78 is 0. The van der Waals surface area contributed by atoms with E-state index in [-0.39, 0.29) is 17.4 Å². The third-order valence-electron chi connectivity index (χ3n) is 6.96. The van der Waals surface area contributed by atoms with Gasteiger partial charge < -0.3 is 15.1 Å². The van der Waals surface area contributed by atoms with Crippen molar-refractivity contribution in [2.75, 3.05) is 44.2 Å². The molecule has 4 rings (SSSR count). The van der Waals surface area contributed by atoms with E-state index < -0.39 is 6.10 Å². The van der Waals surface area contributed by atoms with Crippen molar-refractivity contribution in [3.63, 3.8) is 0 Å². The number of aliphatic hydroxyl groups is 2. The largest absolute Gasteiger partial charge is 0.394 e. The maximum absolute atomic E-state index is 9.66.